The van der Waals surface area contributed by atoms with Gasteiger partial charge in [0.25, 0.3) is 0 Å². The summed E-state index contributed by atoms with van der Waals surface area (Å²) in [5, 5.41) is 17.9. The maximum atomic E-state index is 11.2. The SMILES string of the molecule is CS(=O)(=O)c1c(O)cccc1C(=O)O. The molecule has 1 aromatic rings. The van der Waals surface area contributed by atoms with Gasteiger partial charge in [0.15, 0.2) is 9.84 Å². The van der Waals surface area contributed by atoms with Crippen LogP contribution >= 0.6 is 0 Å². The van der Waals surface area contributed by atoms with E-state index in [1.54, 1.807) is 0 Å². The lowest BCUT2D eigenvalue weighted by atomic mass is 10.2. The summed E-state index contributed by atoms with van der Waals surface area (Å²) in [7, 11) is -3.74. The summed E-state index contributed by atoms with van der Waals surface area (Å²) in [6, 6.07) is 3.52. The van der Waals surface area contributed by atoms with E-state index in [2.05, 4.69) is 0 Å². The van der Waals surface area contributed by atoms with Gasteiger partial charge in [-0.25, -0.2) is 13.2 Å². The Hall–Kier alpha value is -1.56. The van der Waals surface area contributed by atoms with Crippen molar-refractivity contribution in [2.45, 2.75) is 4.90 Å². The minimum Gasteiger partial charge on any atom is -0.507 e. The monoisotopic (exact) mass is 216 g/mol. The molecule has 0 aliphatic rings. The van der Waals surface area contributed by atoms with E-state index in [0.717, 1.165) is 18.4 Å². The van der Waals surface area contributed by atoms with Gasteiger partial charge in [0.1, 0.15) is 10.6 Å². The summed E-state index contributed by atoms with van der Waals surface area (Å²) >= 11 is 0. The predicted octanol–water partition coefficient (Wildman–Crippen LogP) is 0.494. The molecule has 0 spiro atoms. The van der Waals surface area contributed by atoms with Crippen LogP contribution in [0.25, 0.3) is 0 Å². The molecule has 1 rings (SSSR count). The first-order valence-corrected chi connectivity index (χ1v) is 5.48. The molecule has 5 nitrogen and oxygen atoms in total. The fraction of sp³-hybridized carbons (Fsp3) is 0.125. The Morgan fingerprint density at radius 1 is 1.36 bits per heavy atom. The van der Waals surface area contributed by atoms with E-state index in [-0.39, 0.29) is 0 Å². The average Bonchev–Trinajstić information content (AvgIpc) is 2.01. The Labute approximate surface area is 80.5 Å². The number of aromatic carboxylic acids is 1. The van der Waals surface area contributed by atoms with Crippen molar-refractivity contribution >= 4 is 15.8 Å². The van der Waals surface area contributed by atoms with Crippen molar-refractivity contribution in [1.29, 1.82) is 0 Å². The number of hydrogen-bond acceptors (Lipinski definition) is 4. The Morgan fingerprint density at radius 3 is 2.29 bits per heavy atom. The smallest absolute Gasteiger partial charge is 0.337 e. The Kier molecular flexibility index (Phi) is 2.48. The van der Waals surface area contributed by atoms with Gasteiger partial charge in [-0.15, -0.1) is 0 Å². The number of carbonyl (C=O) groups is 1. The topological polar surface area (TPSA) is 91.7 Å². The number of phenolic OH excluding ortho intramolecular Hbond substituents is 1. The average molecular weight is 216 g/mol. The molecule has 2 N–H and O–H groups in total. The summed E-state index contributed by atoms with van der Waals surface area (Å²) in [6.45, 7) is 0. The van der Waals surface area contributed by atoms with Crippen molar-refractivity contribution in [3.63, 3.8) is 0 Å². The molecule has 0 bridgehead atoms. The summed E-state index contributed by atoms with van der Waals surface area (Å²) in [5.41, 5.74) is -0.424. The summed E-state index contributed by atoms with van der Waals surface area (Å²) in [4.78, 5) is 10.1. The Balaban J connectivity index is 3.62. The number of sulfone groups is 1. The number of benzene rings is 1. The molecule has 0 heterocycles. The van der Waals surface area contributed by atoms with Gasteiger partial charge in [-0.1, -0.05) is 6.07 Å². The molecule has 0 saturated heterocycles. The molecular weight excluding hydrogens is 208 g/mol. The molecule has 0 aromatic heterocycles. The fourth-order valence-electron chi connectivity index (χ4n) is 1.08. The molecule has 0 fully saturated rings. The van der Waals surface area contributed by atoms with Crippen LogP contribution in [0.4, 0.5) is 0 Å². The molecule has 0 saturated carbocycles. The summed E-state index contributed by atoms with van der Waals surface area (Å²) in [6.07, 6.45) is 0.842. The molecule has 1 aromatic carbocycles. The Morgan fingerprint density at radius 2 is 1.93 bits per heavy atom. The van der Waals surface area contributed by atoms with Crippen molar-refractivity contribution in [1.82, 2.24) is 0 Å². The molecule has 0 atom stereocenters. The highest BCUT2D eigenvalue weighted by Gasteiger charge is 2.21. The minimum atomic E-state index is -3.74. The van der Waals surface area contributed by atoms with Crippen LogP contribution in [0.15, 0.2) is 23.1 Å². The predicted molar refractivity (Wildman–Crippen MR) is 48.2 cm³/mol. The van der Waals surface area contributed by atoms with Crippen LogP contribution in [-0.2, 0) is 9.84 Å². The minimum absolute atomic E-state index is 0.424. The van der Waals surface area contributed by atoms with Crippen molar-refractivity contribution in [2.24, 2.45) is 0 Å². The molecule has 76 valence electrons. The lowest BCUT2D eigenvalue weighted by Gasteiger charge is -2.05. The fourth-order valence-corrected chi connectivity index (χ4v) is 2.09. The third-order valence-corrected chi connectivity index (χ3v) is 2.77. The summed E-state index contributed by atoms with van der Waals surface area (Å²) < 4.78 is 22.3. The molecule has 0 radical (unpaired) electrons. The second-order valence-corrected chi connectivity index (χ2v) is 4.68. The van der Waals surface area contributed by atoms with Gasteiger partial charge in [-0.2, -0.15) is 0 Å². The molecule has 0 amide bonds. The molecular formula is C8H8O5S. The summed E-state index contributed by atoms with van der Waals surface area (Å²) in [5.74, 6) is -1.94. The molecule has 0 aliphatic carbocycles. The van der Waals surface area contributed by atoms with Crippen molar-refractivity contribution in [3.05, 3.63) is 23.8 Å². The maximum absolute atomic E-state index is 11.2. The van der Waals surface area contributed by atoms with E-state index in [9.17, 15) is 18.3 Å². The van der Waals surface area contributed by atoms with Crippen LogP contribution in [0.1, 0.15) is 10.4 Å². The van der Waals surface area contributed by atoms with Gasteiger partial charge >= 0.3 is 5.97 Å². The third-order valence-electron chi connectivity index (χ3n) is 1.60. The molecule has 0 aliphatic heterocycles. The number of carboxylic acids is 1. The zero-order valence-electron chi connectivity index (χ0n) is 7.26. The van der Waals surface area contributed by atoms with E-state index in [4.69, 9.17) is 5.11 Å². The zero-order chi connectivity index (χ0) is 10.9. The van der Waals surface area contributed by atoms with Crippen LogP contribution in [0.2, 0.25) is 0 Å². The van der Waals surface area contributed by atoms with Gasteiger partial charge < -0.3 is 10.2 Å². The lowest BCUT2D eigenvalue weighted by Crippen LogP contribution is -2.07. The quantitative estimate of drug-likeness (QED) is 0.750. The van der Waals surface area contributed by atoms with E-state index < -0.39 is 32.0 Å². The van der Waals surface area contributed by atoms with Gasteiger partial charge in [0.2, 0.25) is 0 Å². The van der Waals surface area contributed by atoms with E-state index in [1.807, 2.05) is 0 Å². The maximum Gasteiger partial charge on any atom is 0.337 e. The normalized spacial score (nSPS) is 11.2. The molecule has 14 heavy (non-hydrogen) atoms. The Bertz CT molecular complexity index is 475. The first-order valence-electron chi connectivity index (χ1n) is 3.59. The lowest BCUT2D eigenvalue weighted by molar-refractivity contribution is 0.0692. The van der Waals surface area contributed by atoms with E-state index >= 15 is 0 Å². The standard InChI is InChI=1S/C8H8O5S/c1-14(12,13)7-5(8(10)11)3-2-4-6(7)9/h2-4,9H,1H3,(H,10,11). The van der Waals surface area contributed by atoms with Crippen LogP contribution in [0.5, 0.6) is 5.75 Å². The van der Waals surface area contributed by atoms with Crippen LogP contribution < -0.4 is 0 Å². The number of phenols is 1. The largest absolute Gasteiger partial charge is 0.507 e. The molecule has 0 unspecified atom stereocenters. The van der Waals surface area contributed by atoms with Crippen molar-refractivity contribution in [2.75, 3.05) is 6.26 Å². The van der Waals surface area contributed by atoms with Gasteiger partial charge in [0, 0.05) is 6.26 Å². The highest BCUT2D eigenvalue weighted by molar-refractivity contribution is 7.90. The second kappa shape index (κ2) is 3.30. The third kappa shape index (κ3) is 1.85. The van der Waals surface area contributed by atoms with Gasteiger partial charge in [-0.3, -0.25) is 0 Å². The van der Waals surface area contributed by atoms with Gasteiger partial charge in [0.05, 0.1) is 5.56 Å². The number of hydrogen-bond donors (Lipinski definition) is 2. The number of carboxylic acid groups (broad SMARTS) is 1. The van der Waals surface area contributed by atoms with Crippen LogP contribution in [0.3, 0.4) is 0 Å². The highest BCUT2D eigenvalue weighted by Crippen LogP contribution is 2.26. The van der Waals surface area contributed by atoms with Crippen LogP contribution in [0, 0.1) is 0 Å². The second-order valence-electron chi connectivity index (χ2n) is 2.73. The molecule has 6 heteroatoms. The number of rotatable bonds is 2. The first kappa shape index (κ1) is 10.5. The van der Waals surface area contributed by atoms with Crippen molar-refractivity contribution < 1.29 is 23.4 Å². The zero-order valence-corrected chi connectivity index (χ0v) is 8.08. The van der Waals surface area contributed by atoms with Gasteiger partial charge in [-0.05, 0) is 12.1 Å². The van der Waals surface area contributed by atoms with Crippen LogP contribution in [-0.4, -0.2) is 30.9 Å². The first-order chi connectivity index (χ1) is 6.34. The van der Waals surface area contributed by atoms with Crippen molar-refractivity contribution in [3.8, 4) is 5.75 Å². The van der Waals surface area contributed by atoms with E-state index in [0.29, 0.717) is 0 Å². The van der Waals surface area contributed by atoms with E-state index in [1.165, 1.54) is 6.07 Å². The number of aromatic hydroxyl groups is 1. The highest BCUT2D eigenvalue weighted by atomic mass is 32.2.